The highest BCUT2D eigenvalue weighted by Gasteiger charge is 2.28. The molecule has 0 aliphatic heterocycles. The van der Waals surface area contributed by atoms with Crippen LogP contribution in [0.25, 0.3) is 0 Å². The van der Waals surface area contributed by atoms with Crippen LogP contribution in [0.5, 0.6) is 0 Å². The zero-order chi connectivity index (χ0) is 23.5. The molecule has 176 valence electrons. The molecule has 1 fully saturated rings. The molecule has 1 aliphatic carbocycles. The van der Waals surface area contributed by atoms with Crippen molar-refractivity contribution in [2.45, 2.75) is 56.2 Å². The van der Waals surface area contributed by atoms with Crippen molar-refractivity contribution in [2.24, 2.45) is 11.8 Å². The summed E-state index contributed by atoms with van der Waals surface area (Å²) in [4.78, 5) is 0.299. The second kappa shape index (κ2) is 9.83. The first-order chi connectivity index (χ1) is 15.0. The Morgan fingerprint density at radius 1 is 1.09 bits per heavy atom. The average Bonchev–Trinajstić information content (AvgIpc) is 2.70. The SMILES string of the molecule is CCc1ccc(N(CC(C)C)S(=O)(=O)c2ccc(NCC3CCC3)c(S(C)(=N)=O)c2)cc1. The molecule has 0 bridgehead atoms. The second-order valence-electron chi connectivity index (χ2n) is 9.13. The van der Waals surface area contributed by atoms with Gasteiger partial charge < -0.3 is 5.32 Å². The fraction of sp³-hybridized carbons (Fsp3) is 0.500. The summed E-state index contributed by atoms with van der Waals surface area (Å²) in [7, 11) is -7.02. The Labute approximate surface area is 193 Å². The normalized spacial score (nSPS) is 16.4. The molecule has 0 radical (unpaired) electrons. The van der Waals surface area contributed by atoms with Gasteiger partial charge in [0.05, 0.1) is 30.9 Å². The lowest BCUT2D eigenvalue weighted by Gasteiger charge is -2.28. The maximum atomic E-state index is 13.7. The smallest absolute Gasteiger partial charge is 0.264 e. The molecule has 0 spiro atoms. The minimum atomic E-state index is -3.90. The fourth-order valence-corrected chi connectivity index (χ4v) is 6.42. The maximum Gasteiger partial charge on any atom is 0.264 e. The van der Waals surface area contributed by atoms with E-state index in [2.05, 4.69) is 12.2 Å². The van der Waals surface area contributed by atoms with Crippen molar-refractivity contribution in [3.05, 3.63) is 48.0 Å². The molecule has 2 aromatic carbocycles. The van der Waals surface area contributed by atoms with E-state index in [1.54, 1.807) is 12.1 Å². The van der Waals surface area contributed by atoms with Crippen molar-refractivity contribution < 1.29 is 12.6 Å². The molecule has 0 heterocycles. The quantitative estimate of drug-likeness (QED) is 0.483. The predicted octanol–water partition coefficient (Wildman–Crippen LogP) is 5.35. The number of aryl methyl sites for hydroxylation is 1. The number of benzene rings is 2. The first-order valence-electron chi connectivity index (χ1n) is 11.3. The van der Waals surface area contributed by atoms with Crippen LogP contribution in [-0.2, 0) is 26.2 Å². The molecule has 6 nitrogen and oxygen atoms in total. The van der Waals surface area contributed by atoms with Crippen LogP contribution in [0.4, 0.5) is 11.4 Å². The average molecular weight is 478 g/mol. The Morgan fingerprint density at radius 3 is 2.25 bits per heavy atom. The molecule has 32 heavy (non-hydrogen) atoms. The predicted molar refractivity (Wildman–Crippen MR) is 133 cm³/mol. The van der Waals surface area contributed by atoms with Crippen molar-refractivity contribution in [3.63, 3.8) is 0 Å². The third-order valence-electron chi connectivity index (χ3n) is 5.93. The summed E-state index contributed by atoms with van der Waals surface area (Å²) in [6, 6.07) is 12.2. The summed E-state index contributed by atoms with van der Waals surface area (Å²) in [6.45, 7) is 7.09. The standard InChI is InChI=1S/C24H35N3O3S2/c1-5-19-9-11-21(12-10-19)27(17-18(2)3)32(29,30)22-13-14-23(24(15-22)31(4,25)28)26-16-20-7-6-8-20/h9-15,18,20,25-26H,5-8,16-17H2,1-4H3. The molecule has 1 saturated carbocycles. The van der Waals surface area contributed by atoms with Crippen LogP contribution in [-0.4, -0.2) is 32.0 Å². The monoisotopic (exact) mass is 477 g/mol. The summed E-state index contributed by atoms with van der Waals surface area (Å²) in [5.41, 5.74) is 2.33. The van der Waals surface area contributed by atoms with E-state index in [-0.39, 0.29) is 15.7 Å². The van der Waals surface area contributed by atoms with Gasteiger partial charge in [-0.1, -0.05) is 39.3 Å². The molecule has 8 heteroatoms. The molecule has 3 rings (SSSR count). The van der Waals surface area contributed by atoms with Gasteiger partial charge in [0.1, 0.15) is 0 Å². The van der Waals surface area contributed by atoms with Gasteiger partial charge in [-0.05, 0) is 67.0 Å². The van der Waals surface area contributed by atoms with Crippen molar-refractivity contribution in [2.75, 3.05) is 29.0 Å². The molecule has 1 unspecified atom stereocenters. The van der Waals surface area contributed by atoms with Crippen molar-refractivity contribution in [3.8, 4) is 0 Å². The van der Waals surface area contributed by atoms with E-state index in [0.29, 0.717) is 23.8 Å². The van der Waals surface area contributed by atoms with Crippen LogP contribution < -0.4 is 9.62 Å². The Hall–Kier alpha value is -2.06. The fourth-order valence-electron chi connectivity index (χ4n) is 3.78. The maximum absolute atomic E-state index is 13.7. The molecular weight excluding hydrogens is 442 g/mol. The third-order valence-corrected chi connectivity index (χ3v) is 8.90. The van der Waals surface area contributed by atoms with E-state index in [0.717, 1.165) is 31.4 Å². The Bertz CT molecular complexity index is 1140. The minimum Gasteiger partial charge on any atom is -0.384 e. The van der Waals surface area contributed by atoms with Crippen molar-refractivity contribution in [1.82, 2.24) is 0 Å². The number of rotatable bonds is 10. The summed E-state index contributed by atoms with van der Waals surface area (Å²) >= 11 is 0. The van der Waals surface area contributed by atoms with Crippen LogP contribution >= 0.6 is 0 Å². The van der Waals surface area contributed by atoms with Gasteiger partial charge in [-0.3, -0.25) is 4.31 Å². The van der Waals surface area contributed by atoms with Crippen molar-refractivity contribution >= 4 is 31.1 Å². The van der Waals surface area contributed by atoms with E-state index >= 15 is 0 Å². The van der Waals surface area contributed by atoms with Gasteiger partial charge in [0.15, 0.2) is 0 Å². The Kier molecular flexibility index (Phi) is 7.55. The molecule has 0 aromatic heterocycles. The number of anilines is 2. The molecule has 1 aliphatic rings. The molecule has 0 amide bonds. The largest absolute Gasteiger partial charge is 0.384 e. The second-order valence-corrected chi connectivity index (χ2v) is 13.1. The molecule has 1 atom stereocenters. The lowest BCUT2D eigenvalue weighted by Crippen LogP contribution is -2.34. The number of sulfonamides is 1. The number of hydrogen-bond acceptors (Lipinski definition) is 5. The highest BCUT2D eigenvalue weighted by Crippen LogP contribution is 2.32. The summed E-state index contributed by atoms with van der Waals surface area (Å²) < 4.78 is 49.7. The van der Waals surface area contributed by atoms with Crippen LogP contribution in [0.1, 0.15) is 45.6 Å². The molecule has 2 N–H and O–H groups in total. The first kappa shape index (κ1) is 24.6. The number of hydrogen-bond donors (Lipinski definition) is 2. The summed E-state index contributed by atoms with van der Waals surface area (Å²) in [5.74, 6) is 0.697. The van der Waals surface area contributed by atoms with Gasteiger partial charge in [-0.2, -0.15) is 0 Å². The van der Waals surface area contributed by atoms with Crippen LogP contribution in [0.2, 0.25) is 0 Å². The minimum absolute atomic E-state index is 0.0590. The lowest BCUT2D eigenvalue weighted by atomic mass is 9.85. The van der Waals surface area contributed by atoms with Crippen LogP contribution in [0.15, 0.2) is 52.3 Å². The molecule has 0 saturated heterocycles. The van der Waals surface area contributed by atoms with E-state index in [4.69, 9.17) is 4.78 Å². The highest BCUT2D eigenvalue weighted by atomic mass is 32.2. The highest BCUT2D eigenvalue weighted by molar-refractivity contribution is 7.93. The summed E-state index contributed by atoms with van der Waals surface area (Å²) in [5, 5.41) is 3.30. The van der Waals surface area contributed by atoms with Gasteiger partial charge in [-0.15, -0.1) is 0 Å². The Morgan fingerprint density at radius 2 is 1.75 bits per heavy atom. The van der Waals surface area contributed by atoms with Gasteiger partial charge in [0.2, 0.25) is 0 Å². The topological polar surface area (TPSA) is 90.3 Å². The van der Waals surface area contributed by atoms with Gasteiger partial charge >= 0.3 is 0 Å². The van der Waals surface area contributed by atoms with Crippen molar-refractivity contribution in [1.29, 1.82) is 4.78 Å². The van der Waals surface area contributed by atoms with Crippen LogP contribution in [0, 0.1) is 16.6 Å². The third kappa shape index (κ3) is 5.64. The van der Waals surface area contributed by atoms with Gasteiger partial charge in [-0.25, -0.2) is 17.4 Å². The van der Waals surface area contributed by atoms with Gasteiger partial charge in [0.25, 0.3) is 10.0 Å². The van der Waals surface area contributed by atoms with E-state index in [1.807, 2.05) is 38.1 Å². The lowest BCUT2D eigenvalue weighted by molar-refractivity contribution is 0.333. The summed E-state index contributed by atoms with van der Waals surface area (Å²) in [6.07, 6.45) is 5.77. The molecule has 2 aromatic rings. The van der Waals surface area contributed by atoms with Gasteiger partial charge in [0, 0.05) is 19.3 Å². The Balaban J connectivity index is 2.01. The molecular formula is C24H35N3O3S2. The van der Waals surface area contributed by atoms with Crippen LogP contribution in [0.3, 0.4) is 0 Å². The van der Waals surface area contributed by atoms with E-state index in [1.165, 1.54) is 23.0 Å². The first-order valence-corrected chi connectivity index (χ1v) is 14.7. The zero-order valence-corrected chi connectivity index (χ0v) is 21.1. The van der Waals surface area contributed by atoms with E-state index in [9.17, 15) is 12.6 Å². The van der Waals surface area contributed by atoms with E-state index < -0.39 is 19.8 Å². The number of nitrogens with zero attached hydrogens (tertiary/aromatic N) is 1. The zero-order valence-electron chi connectivity index (χ0n) is 19.4. The number of nitrogens with one attached hydrogen (secondary N) is 2.